The Morgan fingerprint density at radius 1 is 1.25 bits per heavy atom. The average molecular weight is 381 g/mol. The summed E-state index contributed by atoms with van der Waals surface area (Å²) in [5.74, 6) is 0.642. The zero-order valence-electron chi connectivity index (χ0n) is 15.7. The minimum Gasteiger partial charge on any atom is -0.496 e. The van der Waals surface area contributed by atoms with Crippen molar-refractivity contribution in [1.82, 2.24) is 14.7 Å². The number of fused-ring (bicyclic) bond motifs is 1. The SMILES string of the molecule is COc1ccccc1-c1nc(C(=O)NC2(CO)CCOCC2)n2ccccc12. The van der Waals surface area contributed by atoms with Gasteiger partial charge in [-0.15, -0.1) is 0 Å². The fourth-order valence-corrected chi connectivity index (χ4v) is 3.62. The van der Waals surface area contributed by atoms with Gasteiger partial charge >= 0.3 is 0 Å². The zero-order chi connectivity index (χ0) is 19.6. The molecule has 0 spiro atoms. The highest BCUT2D eigenvalue weighted by atomic mass is 16.5. The van der Waals surface area contributed by atoms with Gasteiger partial charge in [-0.05, 0) is 37.1 Å². The van der Waals surface area contributed by atoms with Crippen LogP contribution in [0.2, 0.25) is 0 Å². The summed E-state index contributed by atoms with van der Waals surface area (Å²) in [6.07, 6.45) is 2.95. The molecule has 7 heteroatoms. The van der Waals surface area contributed by atoms with E-state index in [1.807, 2.05) is 48.7 Å². The molecule has 1 aliphatic heterocycles. The lowest BCUT2D eigenvalue weighted by Gasteiger charge is -2.36. The van der Waals surface area contributed by atoms with Gasteiger partial charge in [0.1, 0.15) is 11.4 Å². The first-order valence-corrected chi connectivity index (χ1v) is 9.29. The number of pyridine rings is 1. The molecule has 0 bridgehead atoms. The van der Waals surface area contributed by atoms with Gasteiger partial charge in [0.25, 0.3) is 5.91 Å². The van der Waals surface area contributed by atoms with Crippen LogP contribution in [0.5, 0.6) is 5.75 Å². The number of hydrogen-bond acceptors (Lipinski definition) is 5. The molecule has 0 atom stereocenters. The van der Waals surface area contributed by atoms with Gasteiger partial charge in [-0.2, -0.15) is 0 Å². The van der Waals surface area contributed by atoms with Crippen LogP contribution in [-0.4, -0.2) is 52.9 Å². The molecule has 2 aromatic heterocycles. The van der Waals surface area contributed by atoms with Crippen LogP contribution in [0, 0.1) is 0 Å². The molecule has 0 aliphatic carbocycles. The minimum absolute atomic E-state index is 0.134. The maximum atomic E-state index is 13.1. The van der Waals surface area contributed by atoms with Crippen molar-refractivity contribution in [2.24, 2.45) is 0 Å². The first kappa shape index (κ1) is 18.5. The van der Waals surface area contributed by atoms with Gasteiger partial charge in [0.05, 0.1) is 24.8 Å². The summed E-state index contributed by atoms with van der Waals surface area (Å²) >= 11 is 0. The highest BCUT2D eigenvalue weighted by molar-refractivity contribution is 5.95. The topological polar surface area (TPSA) is 85.1 Å². The van der Waals surface area contributed by atoms with E-state index in [1.54, 1.807) is 11.5 Å². The van der Waals surface area contributed by atoms with Crippen molar-refractivity contribution in [2.45, 2.75) is 18.4 Å². The van der Waals surface area contributed by atoms with E-state index >= 15 is 0 Å². The van der Waals surface area contributed by atoms with Gasteiger partial charge in [0.2, 0.25) is 5.82 Å². The lowest BCUT2D eigenvalue weighted by Crippen LogP contribution is -2.54. The van der Waals surface area contributed by atoms with E-state index in [1.165, 1.54) is 0 Å². The minimum atomic E-state index is -0.680. The van der Waals surface area contributed by atoms with Gasteiger partial charge < -0.3 is 19.9 Å². The molecule has 146 valence electrons. The third-order valence-corrected chi connectivity index (χ3v) is 5.24. The van der Waals surface area contributed by atoms with Gasteiger partial charge in [-0.25, -0.2) is 4.98 Å². The molecule has 7 nitrogen and oxygen atoms in total. The first-order valence-electron chi connectivity index (χ1n) is 9.29. The van der Waals surface area contributed by atoms with Crippen molar-refractivity contribution < 1.29 is 19.4 Å². The number of imidazole rings is 1. The molecular weight excluding hydrogens is 358 g/mol. The lowest BCUT2D eigenvalue weighted by molar-refractivity contribution is 0.0123. The summed E-state index contributed by atoms with van der Waals surface area (Å²) in [7, 11) is 1.61. The molecule has 28 heavy (non-hydrogen) atoms. The molecule has 1 aliphatic rings. The van der Waals surface area contributed by atoms with Gasteiger partial charge in [-0.3, -0.25) is 9.20 Å². The molecule has 3 aromatic rings. The summed E-state index contributed by atoms with van der Waals surface area (Å²) in [5.41, 5.74) is 1.62. The standard InChI is InChI=1S/C21H23N3O4/c1-27-17-8-3-2-6-15(17)18-16-7-4-5-11-24(16)19(22-18)20(26)23-21(14-25)9-12-28-13-10-21/h2-8,11,25H,9-10,12-14H2,1H3,(H,23,26). The van der Waals surface area contributed by atoms with Crippen LogP contribution in [0.15, 0.2) is 48.7 Å². The third-order valence-electron chi connectivity index (χ3n) is 5.24. The van der Waals surface area contributed by atoms with Crippen molar-refractivity contribution >= 4 is 11.4 Å². The van der Waals surface area contributed by atoms with Crippen LogP contribution in [0.3, 0.4) is 0 Å². The molecular formula is C21H23N3O4. The number of nitrogens with one attached hydrogen (secondary N) is 1. The Kier molecular flexibility index (Phi) is 5.02. The van der Waals surface area contributed by atoms with Crippen LogP contribution in [-0.2, 0) is 4.74 Å². The molecule has 4 rings (SSSR count). The molecule has 2 N–H and O–H groups in total. The van der Waals surface area contributed by atoms with Crippen LogP contribution >= 0.6 is 0 Å². The Labute approximate surface area is 162 Å². The lowest BCUT2D eigenvalue weighted by atomic mass is 9.91. The Morgan fingerprint density at radius 3 is 2.75 bits per heavy atom. The van der Waals surface area contributed by atoms with Crippen LogP contribution in [0.25, 0.3) is 16.8 Å². The number of para-hydroxylation sites is 1. The van der Waals surface area contributed by atoms with E-state index in [-0.39, 0.29) is 18.3 Å². The average Bonchev–Trinajstić information content (AvgIpc) is 3.14. The molecule has 0 saturated carbocycles. The van der Waals surface area contributed by atoms with E-state index in [0.29, 0.717) is 37.5 Å². The quantitative estimate of drug-likeness (QED) is 0.708. The van der Waals surface area contributed by atoms with Gasteiger partial charge in [0, 0.05) is 25.0 Å². The Hall–Kier alpha value is -2.90. The normalized spacial score (nSPS) is 16.1. The second-order valence-electron chi connectivity index (χ2n) is 6.95. The number of aromatic nitrogens is 2. The Bertz CT molecular complexity index is 992. The second-order valence-corrected chi connectivity index (χ2v) is 6.95. The monoisotopic (exact) mass is 381 g/mol. The molecule has 1 fully saturated rings. The molecule has 0 radical (unpaired) electrons. The van der Waals surface area contributed by atoms with E-state index in [0.717, 1.165) is 11.1 Å². The first-order chi connectivity index (χ1) is 13.7. The number of aliphatic hydroxyl groups excluding tert-OH is 1. The number of carbonyl (C=O) groups is 1. The van der Waals surface area contributed by atoms with E-state index < -0.39 is 5.54 Å². The van der Waals surface area contributed by atoms with Gasteiger partial charge in [0.15, 0.2) is 0 Å². The number of nitrogens with zero attached hydrogens (tertiary/aromatic N) is 2. The van der Waals surface area contributed by atoms with Crippen molar-refractivity contribution in [3.05, 3.63) is 54.5 Å². The number of amides is 1. The Balaban J connectivity index is 1.77. The van der Waals surface area contributed by atoms with E-state index in [2.05, 4.69) is 10.3 Å². The van der Waals surface area contributed by atoms with Gasteiger partial charge in [-0.1, -0.05) is 18.2 Å². The van der Waals surface area contributed by atoms with E-state index in [4.69, 9.17) is 9.47 Å². The summed E-state index contributed by atoms with van der Waals surface area (Å²) < 4.78 is 12.6. The number of ether oxygens (including phenoxy) is 2. The molecule has 0 unspecified atom stereocenters. The summed E-state index contributed by atoms with van der Waals surface area (Å²) in [6.45, 7) is 0.885. The van der Waals surface area contributed by atoms with Crippen LogP contribution in [0.4, 0.5) is 0 Å². The molecule has 3 heterocycles. The largest absolute Gasteiger partial charge is 0.496 e. The van der Waals surface area contributed by atoms with E-state index in [9.17, 15) is 9.90 Å². The number of hydrogen-bond donors (Lipinski definition) is 2. The summed E-state index contributed by atoms with van der Waals surface area (Å²) in [5, 5.41) is 12.9. The Morgan fingerprint density at radius 2 is 2.00 bits per heavy atom. The van der Waals surface area contributed by atoms with Crippen molar-refractivity contribution in [3.8, 4) is 17.0 Å². The highest BCUT2D eigenvalue weighted by Crippen LogP contribution is 2.32. The fraction of sp³-hybridized carbons (Fsp3) is 0.333. The number of rotatable bonds is 5. The predicted octanol–water partition coefficient (Wildman–Crippen LogP) is 2.28. The smallest absolute Gasteiger partial charge is 0.288 e. The predicted molar refractivity (Wildman–Crippen MR) is 105 cm³/mol. The highest BCUT2D eigenvalue weighted by Gasteiger charge is 2.35. The molecule has 1 saturated heterocycles. The zero-order valence-corrected chi connectivity index (χ0v) is 15.7. The van der Waals surface area contributed by atoms with Crippen molar-refractivity contribution in [2.75, 3.05) is 26.9 Å². The summed E-state index contributed by atoms with van der Waals surface area (Å²) in [6, 6.07) is 13.3. The van der Waals surface area contributed by atoms with Crippen molar-refractivity contribution in [3.63, 3.8) is 0 Å². The summed E-state index contributed by atoms with van der Waals surface area (Å²) in [4.78, 5) is 17.8. The second kappa shape index (κ2) is 7.61. The maximum Gasteiger partial charge on any atom is 0.288 e. The maximum absolute atomic E-state index is 13.1. The number of aliphatic hydroxyl groups is 1. The van der Waals surface area contributed by atoms with Crippen LogP contribution < -0.4 is 10.1 Å². The third kappa shape index (κ3) is 3.23. The van der Waals surface area contributed by atoms with Crippen LogP contribution in [0.1, 0.15) is 23.5 Å². The molecule has 1 aromatic carbocycles. The molecule has 1 amide bonds. The number of benzene rings is 1. The number of carbonyl (C=O) groups excluding carboxylic acids is 1. The van der Waals surface area contributed by atoms with Crippen molar-refractivity contribution in [1.29, 1.82) is 0 Å². The number of methoxy groups -OCH3 is 1. The fourth-order valence-electron chi connectivity index (χ4n) is 3.62.